The van der Waals surface area contributed by atoms with E-state index in [1.165, 1.54) is 16.4 Å². The molecule has 1 aliphatic heterocycles. The van der Waals surface area contributed by atoms with Crippen LogP contribution in [0.25, 0.3) is 0 Å². The van der Waals surface area contributed by atoms with Gasteiger partial charge in [0.15, 0.2) is 0 Å². The van der Waals surface area contributed by atoms with Crippen LogP contribution < -0.4 is 10.2 Å². The summed E-state index contributed by atoms with van der Waals surface area (Å²) in [6, 6.07) is 3.68. The molecule has 0 unspecified atom stereocenters. The smallest absolute Gasteiger partial charge is 0.366 e. The van der Waals surface area contributed by atoms with Gasteiger partial charge in [-0.3, -0.25) is 14.9 Å². The van der Waals surface area contributed by atoms with E-state index in [4.69, 9.17) is 0 Å². The normalized spacial score (nSPS) is 15.9. The molecule has 1 saturated heterocycles. The second kappa shape index (κ2) is 9.81. The van der Waals surface area contributed by atoms with Gasteiger partial charge in [0.2, 0.25) is 15.9 Å². The predicted molar refractivity (Wildman–Crippen MR) is 107 cm³/mol. The van der Waals surface area contributed by atoms with E-state index in [0.29, 0.717) is 0 Å². The molecular formula is C18H25F3N4O5S. The molecular weight excluding hydrogens is 441 g/mol. The van der Waals surface area contributed by atoms with Gasteiger partial charge in [-0.05, 0) is 25.0 Å². The third kappa shape index (κ3) is 6.06. The topological polar surface area (TPSA) is 113 Å². The number of amides is 1. The average molecular weight is 466 g/mol. The van der Waals surface area contributed by atoms with Crippen LogP contribution >= 0.6 is 0 Å². The zero-order valence-electron chi connectivity index (χ0n) is 17.2. The van der Waals surface area contributed by atoms with Gasteiger partial charge in [0, 0.05) is 38.2 Å². The number of nitro benzene ring substituents is 1. The first-order valence-electron chi connectivity index (χ1n) is 9.78. The predicted octanol–water partition coefficient (Wildman–Crippen LogP) is 2.52. The van der Waals surface area contributed by atoms with Gasteiger partial charge in [0.05, 0.1) is 9.82 Å². The standard InChI is InChI=1S/C18H25F3N4O5S/c1-3-24(4-2)31(29,30)14-5-6-15(16(11-14)25(27)28)23-9-7-13(8-10-23)17(26)22-12-18(19,20)21/h5-6,11,13H,3-4,7-10,12H2,1-2H3,(H,22,26). The zero-order chi connectivity index (χ0) is 23.4. The number of anilines is 1. The summed E-state index contributed by atoms with van der Waals surface area (Å²) < 4.78 is 63.3. The summed E-state index contributed by atoms with van der Waals surface area (Å²) in [6.07, 6.45) is -4.05. The number of rotatable bonds is 8. The van der Waals surface area contributed by atoms with Crippen molar-refractivity contribution in [1.82, 2.24) is 9.62 Å². The second-order valence-corrected chi connectivity index (χ2v) is 9.03. The maximum absolute atomic E-state index is 12.7. The fraction of sp³-hybridized carbons (Fsp3) is 0.611. The van der Waals surface area contributed by atoms with Gasteiger partial charge in [-0.15, -0.1) is 0 Å². The van der Waals surface area contributed by atoms with E-state index >= 15 is 0 Å². The van der Waals surface area contributed by atoms with Crippen molar-refractivity contribution in [2.24, 2.45) is 5.92 Å². The summed E-state index contributed by atoms with van der Waals surface area (Å²) in [5.74, 6) is -1.33. The van der Waals surface area contributed by atoms with Crippen molar-refractivity contribution < 1.29 is 31.3 Å². The van der Waals surface area contributed by atoms with Gasteiger partial charge < -0.3 is 10.2 Å². The van der Waals surface area contributed by atoms with Crippen LogP contribution in [0.15, 0.2) is 23.1 Å². The van der Waals surface area contributed by atoms with Crippen LogP contribution in [0.4, 0.5) is 24.5 Å². The Labute approximate surface area is 178 Å². The Morgan fingerprint density at radius 2 is 1.84 bits per heavy atom. The van der Waals surface area contributed by atoms with Crippen molar-refractivity contribution in [3.63, 3.8) is 0 Å². The largest absolute Gasteiger partial charge is 0.405 e. The molecule has 1 fully saturated rings. The van der Waals surface area contributed by atoms with Crippen LogP contribution in [0.2, 0.25) is 0 Å². The lowest BCUT2D eigenvalue weighted by molar-refractivity contribution is -0.384. The van der Waals surface area contributed by atoms with E-state index < -0.39 is 39.5 Å². The first-order valence-corrected chi connectivity index (χ1v) is 11.2. The molecule has 0 atom stereocenters. The molecule has 1 heterocycles. The quantitative estimate of drug-likeness (QED) is 0.465. The van der Waals surface area contributed by atoms with E-state index in [0.717, 1.165) is 6.07 Å². The monoisotopic (exact) mass is 466 g/mol. The van der Waals surface area contributed by atoms with Crippen LogP contribution in [0.5, 0.6) is 0 Å². The minimum atomic E-state index is -4.50. The summed E-state index contributed by atoms with van der Waals surface area (Å²) >= 11 is 0. The molecule has 174 valence electrons. The Kier molecular flexibility index (Phi) is 7.87. The van der Waals surface area contributed by atoms with Crippen LogP contribution in [-0.2, 0) is 14.8 Å². The van der Waals surface area contributed by atoms with Crippen LogP contribution in [0.3, 0.4) is 0 Å². The molecule has 1 N–H and O–H groups in total. The molecule has 9 nitrogen and oxygen atoms in total. The van der Waals surface area contributed by atoms with E-state index in [9.17, 15) is 36.5 Å². The third-order valence-corrected chi connectivity index (χ3v) is 7.20. The van der Waals surface area contributed by atoms with Crippen molar-refractivity contribution in [1.29, 1.82) is 0 Å². The maximum atomic E-state index is 12.7. The molecule has 0 aromatic heterocycles. The van der Waals surface area contributed by atoms with E-state index in [1.54, 1.807) is 18.7 Å². The number of sulfonamides is 1. The lowest BCUT2D eigenvalue weighted by Crippen LogP contribution is -2.43. The molecule has 0 bridgehead atoms. The molecule has 13 heteroatoms. The highest BCUT2D eigenvalue weighted by molar-refractivity contribution is 7.89. The fourth-order valence-corrected chi connectivity index (χ4v) is 4.98. The van der Waals surface area contributed by atoms with Gasteiger partial charge >= 0.3 is 6.18 Å². The van der Waals surface area contributed by atoms with Gasteiger partial charge in [-0.1, -0.05) is 13.8 Å². The highest BCUT2D eigenvalue weighted by Crippen LogP contribution is 2.34. The molecule has 1 aromatic rings. The Balaban J connectivity index is 2.17. The van der Waals surface area contributed by atoms with Crippen LogP contribution in [0, 0.1) is 16.0 Å². The molecule has 1 amide bonds. The minimum Gasteiger partial charge on any atom is -0.366 e. The summed E-state index contributed by atoms with van der Waals surface area (Å²) in [7, 11) is -3.88. The number of nitrogens with zero attached hydrogens (tertiary/aromatic N) is 3. The van der Waals surface area contributed by atoms with Crippen molar-refractivity contribution in [3.05, 3.63) is 28.3 Å². The lowest BCUT2D eigenvalue weighted by atomic mass is 9.95. The number of halogens is 3. The number of hydrogen-bond acceptors (Lipinski definition) is 6. The first kappa shape index (κ1) is 24.9. The highest BCUT2D eigenvalue weighted by atomic mass is 32.2. The van der Waals surface area contributed by atoms with Crippen molar-refractivity contribution in [2.45, 2.75) is 37.8 Å². The van der Waals surface area contributed by atoms with Gasteiger partial charge in [0.1, 0.15) is 12.2 Å². The summed E-state index contributed by atoms with van der Waals surface area (Å²) in [4.78, 5) is 24.3. The van der Waals surface area contributed by atoms with Gasteiger partial charge in [0.25, 0.3) is 5.69 Å². The molecule has 0 spiro atoms. The number of piperidine rings is 1. The minimum absolute atomic E-state index is 0.187. The Morgan fingerprint density at radius 1 is 1.26 bits per heavy atom. The first-order chi connectivity index (χ1) is 14.4. The number of carbonyl (C=O) groups is 1. The Morgan fingerprint density at radius 3 is 2.32 bits per heavy atom. The van der Waals surface area contributed by atoms with E-state index in [-0.39, 0.29) is 55.3 Å². The summed E-state index contributed by atoms with van der Waals surface area (Å²) in [5.41, 5.74) is -0.175. The zero-order valence-corrected chi connectivity index (χ0v) is 18.0. The van der Waals surface area contributed by atoms with Crippen molar-refractivity contribution in [3.8, 4) is 0 Å². The number of nitro groups is 1. The third-order valence-electron chi connectivity index (χ3n) is 5.16. The number of carbonyl (C=O) groups excluding carboxylic acids is 1. The van der Waals surface area contributed by atoms with Crippen molar-refractivity contribution >= 4 is 27.3 Å². The molecule has 0 aliphatic carbocycles. The van der Waals surface area contributed by atoms with Gasteiger partial charge in [-0.25, -0.2) is 8.42 Å². The lowest BCUT2D eigenvalue weighted by Gasteiger charge is -2.32. The highest BCUT2D eigenvalue weighted by Gasteiger charge is 2.33. The molecule has 2 rings (SSSR count). The Bertz CT molecular complexity index is 911. The number of hydrogen-bond donors (Lipinski definition) is 1. The number of nitrogens with one attached hydrogen (secondary N) is 1. The average Bonchev–Trinajstić information content (AvgIpc) is 2.71. The second-order valence-electron chi connectivity index (χ2n) is 7.09. The fourth-order valence-electron chi connectivity index (χ4n) is 3.50. The molecule has 0 radical (unpaired) electrons. The molecule has 1 aromatic carbocycles. The summed E-state index contributed by atoms with van der Waals surface area (Å²) in [6.45, 7) is 2.80. The van der Waals surface area contributed by atoms with Crippen LogP contribution in [0.1, 0.15) is 26.7 Å². The summed E-state index contributed by atoms with van der Waals surface area (Å²) in [5, 5.41) is 13.5. The van der Waals surface area contributed by atoms with Gasteiger partial charge in [-0.2, -0.15) is 17.5 Å². The van der Waals surface area contributed by atoms with Crippen molar-refractivity contribution in [2.75, 3.05) is 37.6 Å². The van der Waals surface area contributed by atoms with E-state index in [1.807, 2.05) is 5.32 Å². The maximum Gasteiger partial charge on any atom is 0.405 e. The number of benzene rings is 1. The SMILES string of the molecule is CCN(CC)S(=O)(=O)c1ccc(N2CCC(C(=O)NCC(F)(F)F)CC2)c([N+](=O)[O-])c1. The molecule has 0 saturated carbocycles. The molecule has 31 heavy (non-hydrogen) atoms. The Hall–Kier alpha value is -2.41. The van der Waals surface area contributed by atoms with Crippen LogP contribution in [-0.4, -0.2) is 62.5 Å². The van der Waals surface area contributed by atoms with E-state index in [2.05, 4.69) is 0 Å². The number of alkyl halides is 3. The molecule has 1 aliphatic rings.